The molecule has 50 heavy (non-hydrogen) atoms. The van der Waals surface area contributed by atoms with Crippen LogP contribution in [0.1, 0.15) is 10.4 Å². The van der Waals surface area contributed by atoms with Crippen LogP contribution in [0.2, 0.25) is 0 Å². The molecule has 7 rings (SSSR count). The van der Waals surface area contributed by atoms with Crippen molar-refractivity contribution < 1.29 is 104 Å². The van der Waals surface area contributed by atoms with Crippen LogP contribution in [0.5, 0.6) is 34.5 Å². The maximum atomic E-state index is 12.3. The predicted molar refractivity (Wildman–Crippen MR) is 174 cm³/mol. The SMILES string of the molecule is O=C(Oc1cc(O)cc2[o+]c(-c3ccc(O)cc3)ccc12)c1ccccc1.Oc1ccc(-c2ccc3c(O)cc(O)cc3[o+]2)cc1.[Cl-].[Cl-].[Na+].[OH-]. The zero-order valence-electron chi connectivity index (χ0n) is 26.2. The molecule has 0 unspecified atom stereocenters. The monoisotopic (exact) mass is 724 g/mol. The van der Waals surface area contributed by atoms with E-state index in [1.807, 2.05) is 6.07 Å². The van der Waals surface area contributed by atoms with Crippen LogP contribution in [0.25, 0.3) is 44.6 Å². The second-order valence-corrected chi connectivity index (χ2v) is 10.2. The van der Waals surface area contributed by atoms with Gasteiger partial charge < -0.3 is 60.6 Å². The Balaban J connectivity index is 0.000000337. The third-order valence-electron chi connectivity index (χ3n) is 6.95. The summed E-state index contributed by atoms with van der Waals surface area (Å²) in [5.74, 6) is 0.987. The first-order chi connectivity index (χ1) is 22.2. The van der Waals surface area contributed by atoms with Crippen molar-refractivity contribution in [1.29, 1.82) is 0 Å². The smallest absolute Gasteiger partial charge is 1.00 e. The van der Waals surface area contributed by atoms with E-state index < -0.39 is 5.97 Å². The Kier molecular flexibility index (Phi) is 14.9. The number of esters is 1. The number of benzene rings is 5. The van der Waals surface area contributed by atoms with Crippen molar-refractivity contribution in [2.75, 3.05) is 0 Å². The summed E-state index contributed by atoms with van der Waals surface area (Å²) in [5, 5.41) is 48.9. The number of rotatable bonds is 4. The molecule has 0 spiro atoms. The number of hydrogen-bond acceptors (Lipinski definition) is 8. The number of hydrogen-bond donors (Lipinski definition) is 5. The molecule has 5 aromatic carbocycles. The third-order valence-corrected chi connectivity index (χ3v) is 6.95. The maximum Gasteiger partial charge on any atom is 1.00 e. The molecule has 7 aromatic rings. The first-order valence-corrected chi connectivity index (χ1v) is 14.0. The molecule has 0 saturated carbocycles. The minimum atomic E-state index is -0.523. The van der Waals surface area contributed by atoms with Gasteiger partial charge in [0.25, 0.3) is 0 Å². The van der Waals surface area contributed by atoms with Gasteiger partial charge in [0.15, 0.2) is 5.75 Å². The second kappa shape index (κ2) is 18.1. The average molecular weight is 726 g/mol. The van der Waals surface area contributed by atoms with Crippen LogP contribution in [0.3, 0.4) is 0 Å². The van der Waals surface area contributed by atoms with E-state index in [9.17, 15) is 30.3 Å². The van der Waals surface area contributed by atoms with Gasteiger partial charge in [0, 0.05) is 24.3 Å². The summed E-state index contributed by atoms with van der Waals surface area (Å²) in [6, 6.07) is 34.2. The van der Waals surface area contributed by atoms with Crippen LogP contribution in [0, 0.1) is 0 Å². The predicted octanol–water partition coefficient (Wildman–Crippen LogP) is -0.656. The minimum absolute atomic E-state index is 0. The zero-order valence-corrected chi connectivity index (χ0v) is 29.7. The first kappa shape index (κ1) is 41.1. The summed E-state index contributed by atoms with van der Waals surface area (Å²) in [6.45, 7) is 0. The number of ether oxygens (including phenoxy) is 1. The minimum Gasteiger partial charge on any atom is -1.00 e. The molecule has 13 heteroatoms. The van der Waals surface area contributed by atoms with E-state index in [1.165, 1.54) is 24.3 Å². The summed E-state index contributed by atoms with van der Waals surface area (Å²) in [7, 11) is 0. The van der Waals surface area contributed by atoms with E-state index in [-0.39, 0.29) is 94.3 Å². The van der Waals surface area contributed by atoms with Crippen LogP contribution < -0.4 is 59.1 Å². The fourth-order valence-electron chi connectivity index (χ4n) is 4.69. The fraction of sp³-hybridized carbons (Fsp3) is 0. The summed E-state index contributed by atoms with van der Waals surface area (Å²) in [6.07, 6.45) is 0. The van der Waals surface area contributed by atoms with E-state index >= 15 is 0 Å². The molecular weight excluding hydrogens is 698 g/mol. The van der Waals surface area contributed by atoms with Gasteiger partial charge >= 0.3 is 58.2 Å². The molecule has 0 radical (unpaired) electrons. The number of fused-ring (bicyclic) bond motifs is 2. The number of halogens is 2. The molecular formula is C37H27Cl2NaO10. The quantitative estimate of drug-likeness (QED) is 0.0678. The normalized spacial score (nSPS) is 9.84. The first-order valence-electron chi connectivity index (χ1n) is 14.0. The Hall–Kier alpha value is -5.07. The van der Waals surface area contributed by atoms with E-state index in [0.29, 0.717) is 39.0 Å². The van der Waals surface area contributed by atoms with E-state index in [0.717, 1.165) is 11.1 Å². The third kappa shape index (κ3) is 9.54. The van der Waals surface area contributed by atoms with Gasteiger partial charge in [-0.3, -0.25) is 0 Å². The van der Waals surface area contributed by atoms with Crippen molar-refractivity contribution in [2.24, 2.45) is 0 Å². The van der Waals surface area contributed by atoms with Gasteiger partial charge in [-0.1, -0.05) is 18.2 Å². The summed E-state index contributed by atoms with van der Waals surface area (Å²) < 4.78 is 17.0. The molecule has 10 nitrogen and oxygen atoms in total. The average Bonchev–Trinajstić information content (AvgIpc) is 3.05. The molecule has 0 bridgehead atoms. The Bertz CT molecular complexity index is 2200. The van der Waals surface area contributed by atoms with Crippen molar-refractivity contribution in [2.45, 2.75) is 0 Å². The van der Waals surface area contributed by atoms with Crippen molar-refractivity contribution in [1.82, 2.24) is 0 Å². The Morgan fingerprint density at radius 1 is 0.520 bits per heavy atom. The summed E-state index contributed by atoms with van der Waals surface area (Å²) >= 11 is 0. The summed E-state index contributed by atoms with van der Waals surface area (Å²) in [4.78, 5) is 12.3. The van der Waals surface area contributed by atoms with E-state index in [2.05, 4.69) is 0 Å². The molecule has 6 N–H and O–H groups in total. The molecule has 0 aliphatic carbocycles. The maximum absolute atomic E-state index is 12.3. The molecule has 0 amide bonds. The van der Waals surface area contributed by atoms with Gasteiger partial charge in [-0.25, -0.2) is 13.6 Å². The second-order valence-electron chi connectivity index (χ2n) is 10.2. The largest absolute Gasteiger partial charge is 1.00 e. The van der Waals surface area contributed by atoms with Crippen molar-refractivity contribution in [3.63, 3.8) is 0 Å². The van der Waals surface area contributed by atoms with Crippen LogP contribution in [0.4, 0.5) is 0 Å². The van der Waals surface area contributed by atoms with Crippen LogP contribution in [0.15, 0.2) is 136 Å². The van der Waals surface area contributed by atoms with Gasteiger partial charge in [0.2, 0.25) is 0 Å². The van der Waals surface area contributed by atoms with E-state index in [4.69, 9.17) is 13.6 Å². The Labute approximate surface area is 319 Å². The zero-order chi connectivity index (χ0) is 32.2. The molecule has 0 atom stereocenters. The van der Waals surface area contributed by atoms with Gasteiger partial charge in [0.1, 0.15) is 39.5 Å². The number of carbonyl (C=O) groups is 1. The number of phenols is 5. The number of phenolic OH excluding ortho intramolecular Hbond substituents is 5. The number of carbonyl (C=O) groups excluding carboxylic acids is 1. The molecule has 2 aromatic heterocycles. The molecule has 0 fully saturated rings. The van der Waals surface area contributed by atoms with Crippen LogP contribution in [-0.4, -0.2) is 37.0 Å². The van der Waals surface area contributed by atoms with Crippen LogP contribution in [-0.2, 0) is 0 Å². The van der Waals surface area contributed by atoms with Gasteiger partial charge in [-0.15, -0.1) is 0 Å². The van der Waals surface area contributed by atoms with Gasteiger partial charge in [-0.05, 0) is 72.8 Å². The molecule has 0 aliphatic rings. The molecule has 250 valence electrons. The topological polar surface area (TPSA) is 180 Å². The van der Waals surface area contributed by atoms with Gasteiger partial charge in [0.05, 0.1) is 28.8 Å². The summed E-state index contributed by atoms with van der Waals surface area (Å²) in [5.41, 5.74) is 2.73. The standard InChI is InChI=1S/C22H14O5.C15H10O4.2ClH.Na.H2O/c23-16-8-6-14(7-9-16)19-11-10-18-20(26-19)12-17(24)13-21(18)27-22(25)15-4-2-1-3-5-15;16-10-3-1-9(2-4-10)14-6-5-12-13(18)7-11(17)8-15(12)19-14;;;;/h1-13H,(H-,23,24);1-8H,(H2-,16,17,18);2*1H;;1H2/q;;;;+1;/p-1. The Morgan fingerprint density at radius 2 is 0.980 bits per heavy atom. The van der Waals surface area contributed by atoms with E-state index in [1.54, 1.807) is 97.1 Å². The molecule has 0 saturated heterocycles. The van der Waals surface area contributed by atoms with Crippen molar-refractivity contribution in [3.05, 3.63) is 133 Å². The molecule has 2 heterocycles. The van der Waals surface area contributed by atoms with Crippen molar-refractivity contribution >= 4 is 27.9 Å². The van der Waals surface area contributed by atoms with Gasteiger partial charge in [-0.2, -0.15) is 0 Å². The molecule has 0 aliphatic heterocycles. The van der Waals surface area contributed by atoms with Crippen molar-refractivity contribution in [3.8, 4) is 57.1 Å². The van der Waals surface area contributed by atoms with Crippen LogP contribution >= 0.6 is 0 Å². The Morgan fingerprint density at radius 3 is 1.50 bits per heavy atom. The number of aromatic hydroxyl groups is 5. The fourth-order valence-corrected chi connectivity index (χ4v) is 4.69.